The summed E-state index contributed by atoms with van der Waals surface area (Å²) in [7, 11) is -3.43. The monoisotopic (exact) mass is 242 g/mol. The highest BCUT2D eigenvalue weighted by atomic mass is 32.2. The van der Waals surface area contributed by atoms with Crippen LogP contribution in [0.4, 0.5) is 0 Å². The smallest absolute Gasteiger partial charge is 0.240 e. The molecule has 88 valence electrons. The molecule has 1 N–H and O–H groups in total. The largest absolute Gasteiger partial charge is 0.395 e. The first-order valence-electron chi connectivity index (χ1n) is 4.81. The van der Waals surface area contributed by atoms with Crippen LogP contribution >= 0.6 is 0 Å². The zero-order valence-electron chi connectivity index (χ0n) is 8.96. The third-order valence-corrected chi connectivity index (χ3v) is 3.20. The van der Waals surface area contributed by atoms with E-state index < -0.39 is 10.0 Å². The molecular formula is C10H14N2O3S. The molecule has 0 spiro atoms. The van der Waals surface area contributed by atoms with Crippen LogP contribution in [0.5, 0.6) is 0 Å². The summed E-state index contributed by atoms with van der Waals surface area (Å²) in [4.78, 5) is 5.00. The predicted molar refractivity (Wildman–Crippen MR) is 61.7 cm³/mol. The molecule has 0 amide bonds. The predicted octanol–water partition coefficient (Wildman–Crippen LogP) is 0.987. The van der Waals surface area contributed by atoms with Crippen LogP contribution in [-0.4, -0.2) is 27.8 Å². The van der Waals surface area contributed by atoms with Gasteiger partial charge in [-0.15, -0.1) is 0 Å². The Balaban J connectivity index is 2.47. The molecule has 0 saturated carbocycles. The zero-order chi connectivity index (χ0) is 11.9. The highest BCUT2D eigenvalue weighted by Gasteiger charge is 2.11. The standard InChI is InChI=1S/C10H14N2O3S/c1-2-11-15-9-8-12-16(13,14)10-6-4-3-5-7-10/h2-7,12H,8-9H2,1H3/b11-2+. The van der Waals surface area contributed by atoms with E-state index in [1.165, 1.54) is 18.3 Å². The summed E-state index contributed by atoms with van der Waals surface area (Å²) in [5, 5.41) is 3.50. The van der Waals surface area contributed by atoms with E-state index in [-0.39, 0.29) is 18.0 Å². The van der Waals surface area contributed by atoms with Crippen LogP contribution in [-0.2, 0) is 14.9 Å². The van der Waals surface area contributed by atoms with Crippen molar-refractivity contribution >= 4 is 16.2 Å². The third kappa shape index (κ3) is 4.00. The van der Waals surface area contributed by atoms with Crippen LogP contribution in [0.2, 0.25) is 0 Å². The lowest BCUT2D eigenvalue weighted by Crippen LogP contribution is -2.27. The Morgan fingerprint density at radius 1 is 1.38 bits per heavy atom. The summed E-state index contributed by atoms with van der Waals surface area (Å²) in [6.07, 6.45) is 1.49. The lowest BCUT2D eigenvalue weighted by Gasteiger charge is -2.05. The Bertz CT molecular complexity index is 429. The van der Waals surface area contributed by atoms with Gasteiger partial charge in [-0.25, -0.2) is 13.1 Å². The van der Waals surface area contributed by atoms with Crippen molar-refractivity contribution < 1.29 is 13.3 Å². The highest BCUT2D eigenvalue weighted by molar-refractivity contribution is 7.89. The molecule has 1 rings (SSSR count). The number of oxime groups is 1. The third-order valence-electron chi connectivity index (χ3n) is 1.72. The normalized spacial score (nSPS) is 11.8. The topological polar surface area (TPSA) is 67.8 Å². The molecule has 5 nitrogen and oxygen atoms in total. The summed E-state index contributed by atoms with van der Waals surface area (Å²) < 4.78 is 25.7. The number of hydrogen-bond donors (Lipinski definition) is 1. The highest BCUT2D eigenvalue weighted by Crippen LogP contribution is 2.06. The summed E-state index contributed by atoms with van der Waals surface area (Å²) in [6.45, 7) is 2.11. The van der Waals surface area contributed by atoms with Crippen LogP contribution in [0.3, 0.4) is 0 Å². The molecule has 1 aromatic rings. The zero-order valence-corrected chi connectivity index (χ0v) is 9.78. The van der Waals surface area contributed by atoms with Gasteiger partial charge in [0.05, 0.1) is 4.90 Å². The van der Waals surface area contributed by atoms with Gasteiger partial charge in [0.25, 0.3) is 0 Å². The van der Waals surface area contributed by atoms with E-state index in [0.717, 1.165) is 0 Å². The number of benzene rings is 1. The van der Waals surface area contributed by atoms with Gasteiger partial charge in [-0.3, -0.25) is 0 Å². The molecule has 0 unspecified atom stereocenters. The van der Waals surface area contributed by atoms with Crippen molar-refractivity contribution in [3.8, 4) is 0 Å². The van der Waals surface area contributed by atoms with Crippen LogP contribution in [0.25, 0.3) is 0 Å². The maximum absolute atomic E-state index is 11.7. The second kappa shape index (κ2) is 6.24. The first kappa shape index (κ1) is 12.7. The maximum Gasteiger partial charge on any atom is 0.240 e. The van der Waals surface area contributed by atoms with Gasteiger partial charge in [0, 0.05) is 12.8 Å². The molecule has 0 aliphatic carbocycles. The van der Waals surface area contributed by atoms with Gasteiger partial charge in [0.1, 0.15) is 6.61 Å². The van der Waals surface area contributed by atoms with Gasteiger partial charge in [-0.05, 0) is 19.1 Å². The molecule has 0 aliphatic heterocycles. The second-order valence-corrected chi connectivity index (χ2v) is 4.67. The minimum absolute atomic E-state index is 0.189. The van der Waals surface area contributed by atoms with Gasteiger partial charge < -0.3 is 4.84 Å². The number of hydrogen-bond acceptors (Lipinski definition) is 4. The van der Waals surface area contributed by atoms with Gasteiger partial charge in [-0.1, -0.05) is 23.4 Å². The van der Waals surface area contributed by atoms with E-state index in [2.05, 4.69) is 9.88 Å². The summed E-state index contributed by atoms with van der Waals surface area (Å²) in [6, 6.07) is 8.18. The van der Waals surface area contributed by atoms with E-state index in [4.69, 9.17) is 4.84 Å². The van der Waals surface area contributed by atoms with Gasteiger partial charge in [0.2, 0.25) is 10.0 Å². The molecule has 0 fully saturated rings. The molecule has 0 bridgehead atoms. The number of nitrogens with one attached hydrogen (secondary N) is 1. The fraction of sp³-hybridized carbons (Fsp3) is 0.300. The van der Waals surface area contributed by atoms with Crippen molar-refractivity contribution in [2.45, 2.75) is 11.8 Å². The summed E-state index contributed by atoms with van der Waals surface area (Å²) in [5.74, 6) is 0. The van der Waals surface area contributed by atoms with Gasteiger partial charge in [0.15, 0.2) is 0 Å². The average Bonchev–Trinajstić information content (AvgIpc) is 2.30. The van der Waals surface area contributed by atoms with E-state index in [1.54, 1.807) is 25.1 Å². The van der Waals surface area contributed by atoms with Gasteiger partial charge in [-0.2, -0.15) is 0 Å². The fourth-order valence-corrected chi connectivity index (χ4v) is 2.07. The molecule has 0 radical (unpaired) electrons. The molecule has 0 saturated heterocycles. The first-order valence-corrected chi connectivity index (χ1v) is 6.30. The Morgan fingerprint density at radius 2 is 2.06 bits per heavy atom. The minimum Gasteiger partial charge on any atom is -0.395 e. The Kier molecular flexibility index (Phi) is 4.94. The maximum atomic E-state index is 11.7. The number of sulfonamides is 1. The fourth-order valence-electron chi connectivity index (χ4n) is 1.03. The molecule has 0 aliphatic rings. The molecule has 1 aromatic carbocycles. The van der Waals surface area contributed by atoms with Crippen molar-refractivity contribution in [3.05, 3.63) is 30.3 Å². The van der Waals surface area contributed by atoms with Crippen molar-refractivity contribution in [2.75, 3.05) is 13.2 Å². The van der Waals surface area contributed by atoms with Crippen molar-refractivity contribution in [1.82, 2.24) is 4.72 Å². The number of rotatable bonds is 6. The van der Waals surface area contributed by atoms with E-state index in [0.29, 0.717) is 0 Å². The molecule has 0 atom stereocenters. The number of nitrogens with zero attached hydrogens (tertiary/aromatic N) is 1. The minimum atomic E-state index is -3.43. The van der Waals surface area contributed by atoms with E-state index >= 15 is 0 Å². The lowest BCUT2D eigenvalue weighted by molar-refractivity contribution is 0.151. The molecule has 16 heavy (non-hydrogen) atoms. The Hall–Kier alpha value is -1.40. The lowest BCUT2D eigenvalue weighted by atomic mass is 10.4. The molecule has 6 heteroatoms. The molecule has 0 heterocycles. The Labute approximate surface area is 95.2 Å². The van der Waals surface area contributed by atoms with Crippen molar-refractivity contribution in [1.29, 1.82) is 0 Å². The quantitative estimate of drug-likeness (QED) is 0.459. The van der Waals surface area contributed by atoms with E-state index in [9.17, 15) is 8.42 Å². The molecular weight excluding hydrogens is 228 g/mol. The van der Waals surface area contributed by atoms with Crippen LogP contribution in [0.1, 0.15) is 6.92 Å². The second-order valence-electron chi connectivity index (χ2n) is 2.91. The van der Waals surface area contributed by atoms with Crippen molar-refractivity contribution in [3.63, 3.8) is 0 Å². The van der Waals surface area contributed by atoms with E-state index in [1.807, 2.05) is 0 Å². The SMILES string of the molecule is C/C=N/OCCNS(=O)(=O)c1ccccc1. The van der Waals surface area contributed by atoms with Crippen LogP contribution in [0.15, 0.2) is 40.4 Å². The first-order chi connectivity index (χ1) is 7.67. The average molecular weight is 242 g/mol. The van der Waals surface area contributed by atoms with Crippen molar-refractivity contribution in [2.24, 2.45) is 5.16 Å². The Morgan fingerprint density at radius 3 is 2.69 bits per heavy atom. The van der Waals surface area contributed by atoms with Crippen LogP contribution in [0, 0.1) is 0 Å². The summed E-state index contributed by atoms with van der Waals surface area (Å²) in [5.41, 5.74) is 0. The van der Waals surface area contributed by atoms with Gasteiger partial charge >= 0.3 is 0 Å². The summed E-state index contributed by atoms with van der Waals surface area (Å²) >= 11 is 0. The van der Waals surface area contributed by atoms with Crippen LogP contribution < -0.4 is 4.72 Å². The molecule has 0 aromatic heterocycles.